The maximum Gasteiger partial charge on any atom is 0.0931 e. The second-order valence-electron chi connectivity index (χ2n) is 5.89. The summed E-state index contributed by atoms with van der Waals surface area (Å²) in [4.78, 5) is 4.02. The van der Waals surface area contributed by atoms with Crippen LogP contribution in [0.1, 0.15) is 31.6 Å². The molecule has 1 aliphatic heterocycles. The number of nitrogens with zero attached hydrogens (tertiary/aromatic N) is 1. The first-order valence-corrected chi connectivity index (χ1v) is 8.53. The van der Waals surface area contributed by atoms with Crippen LogP contribution >= 0.6 is 22.9 Å². The summed E-state index contributed by atoms with van der Waals surface area (Å²) in [7, 11) is 0. The van der Waals surface area contributed by atoms with Crippen molar-refractivity contribution in [2.45, 2.75) is 39.2 Å². The fourth-order valence-corrected chi connectivity index (χ4v) is 3.84. The molecule has 2 heterocycles. The molecule has 1 aromatic rings. The van der Waals surface area contributed by atoms with E-state index in [-0.39, 0.29) is 0 Å². The van der Waals surface area contributed by atoms with Crippen LogP contribution in [0.15, 0.2) is 12.1 Å². The molecule has 1 unspecified atom stereocenters. The Labute approximate surface area is 126 Å². The van der Waals surface area contributed by atoms with Gasteiger partial charge in [-0.25, -0.2) is 0 Å². The fraction of sp³-hybridized carbons (Fsp3) is 0.733. The van der Waals surface area contributed by atoms with Crippen LogP contribution in [-0.4, -0.2) is 37.1 Å². The van der Waals surface area contributed by atoms with Gasteiger partial charge in [0.15, 0.2) is 0 Å². The number of thiophene rings is 1. The van der Waals surface area contributed by atoms with Crippen molar-refractivity contribution < 1.29 is 0 Å². The van der Waals surface area contributed by atoms with E-state index in [1.807, 2.05) is 6.07 Å². The molecule has 0 radical (unpaired) electrons. The third-order valence-corrected chi connectivity index (χ3v) is 4.91. The predicted octanol–water partition coefficient (Wildman–Crippen LogP) is 3.65. The van der Waals surface area contributed by atoms with E-state index < -0.39 is 0 Å². The number of hydrogen-bond donors (Lipinski definition) is 1. The quantitative estimate of drug-likeness (QED) is 0.893. The van der Waals surface area contributed by atoms with Crippen LogP contribution in [0.25, 0.3) is 0 Å². The first-order chi connectivity index (χ1) is 9.13. The Morgan fingerprint density at radius 1 is 1.47 bits per heavy atom. The summed E-state index contributed by atoms with van der Waals surface area (Å²) < 4.78 is 0.908. The van der Waals surface area contributed by atoms with Crippen LogP contribution in [-0.2, 0) is 6.42 Å². The van der Waals surface area contributed by atoms with E-state index in [1.165, 1.54) is 37.4 Å². The minimum atomic E-state index is 0.662. The molecule has 1 aromatic heterocycles. The van der Waals surface area contributed by atoms with Crippen molar-refractivity contribution in [3.05, 3.63) is 21.3 Å². The first kappa shape index (κ1) is 15.3. The van der Waals surface area contributed by atoms with Crippen molar-refractivity contribution >= 4 is 22.9 Å². The van der Waals surface area contributed by atoms with Crippen molar-refractivity contribution in [1.82, 2.24) is 10.2 Å². The van der Waals surface area contributed by atoms with Gasteiger partial charge in [0.1, 0.15) is 0 Å². The summed E-state index contributed by atoms with van der Waals surface area (Å²) in [5, 5.41) is 3.69. The maximum absolute atomic E-state index is 5.98. The average Bonchev–Trinajstić information content (AvgIpc) is 2.63. The highest BCUT2D eigenvalue weighted by Crippen LogP contribution is 2.22. The standard InChI is InChI=1S/C15H25ClN2S/c1-12(2)10-13-11-18(8-3-7-17-13)9-6-14-4-5-15(16)19-14/h4-5,12-13,17H,3,6-11H2,1-2H3. The van der Waals surface area contributed by atoms with E-state index in [2.05, 4.69) is 30.1 Å². The molecule has 1 atom stereocenters. The Morgan fingerprint density at radius 2 is 2.32 bits per heavy atom. The minimum Gasteiger partial charge on any atom is -0.313 e. The van der Waals surface area contributed by atoms with Crippen LogP contribution in [0.3, 0.4) is 0 Å². The predicted molar refractivity (Wildman–Crippen MR) is 85.3 cm³/mol. The van der Waals surface area contributed by atoms with Crippen LogP contribution in [0.2, 0.25) is 4.34 Å². The first-order valence-electron chi connectivity index (χ1n) is 7.33. The van der Waals surface area contributed by atoms with Crippen LogP contribution in [0.4, 0.5) is 0 Å². The van der Waals surface area contributed by atoms with Gasteiger partial charge in [0, 0.05) is 24.0 Å². The molecule has 2 rings (SSSR count). The second kappa shape index (κ2) is 7.63. The van der Waals surface area contributed by atoms with Gasteiger partial charge in [0.05, 0.1) is 4.34 Å². The van der Waals surface area contributed by atoms with Crippen molar-refractivity contribution in [2.75, 3.05) is 26.2 Å². The van der Waals surface area contributed by atoms with Crippen LogP contribution in [0, 0.1) is 5.92 Å². The molecular formula is C15H25ClN2S. The highest BCUT2D eigenvalue weighted by molar-refractivity contribution is 7.16. The number of hydrogen-bond acceptors (Lipinski definition) is 3. The van der Waals surface area contributed by atoms with Gasteiger partial charge < -0.3 is 10.2 Å². The number of rotatable bonds is 5. The van der Waals surface area contributed by atoms with E-state index in [1.54, 1.807) is 11.3 Å². The van der Waals surface area contributed by atoms with Crippen LogP contribution in [0.5, 0.6) is 0 Å². The van der Waals surface area contributed by atoms with Crippen molar-refractivity contribution in [2.24, 2.45) is 5.92 Å². The molecule has 1 fully saturated rings. The Balaban J connectivity index is 1.81. The zero-order chi connectivity index (χ0) is 13.7. The highest BCUT2D eigenvalue weighted by atomic mass is 35.5. The normalized spacial score (nSPS) is 21.8. The maximum atomic E-state index is 5.98. The van der Waals surface area contributed by atoms with Gasteiger partial charge in [-0.1, -0.05) is 25.4 Å². The molecule has 0 aromatic carbocycles. The van der Waals surface area contributed by atoms with Crippen molar-refractivity contribution in [3.8, 4) is 0 Å². The third-order valence-electron chi connectivity index (χ3n) is 3.62. The lowest BCUT2D eigenvalue weighted by Crippen LogP contribution is -2.39. The topological polar surface area (TPSA) is 15.3 Å². The van der Waals surface area contributed by atoms with E-state index in [9.17, 15) is 0 Å². The molecule has 0 spiro atoms. The molecule has 2 nitrogen and oxygen atoms in total. The molecule has 19 heavy (non-hydrogen) atoms. The van der Waals surface area contributed by atoms with Crippen LogP contribution < -0.4 is 5.32 Å². The summed E-state index contributed by atoms with van der Waals surface area (Å²) in [5.41, 5.74) is 0. The second-order valence-corrected chi connectivity index (χ2v) is 7.69. The lowest BCUT2D eigenvalue weighted by Gasteiger charge is -2.25. The molecule has 1 aliphatic rings. The van der Waals surface area contributed by atoms with Gasteiger partial charge in [-0.3, -0.25) is 0 Å². The van der Waals surface area contributed by atoms with Gasteiger partial charge in [0.25, 0.3) is 0 Å². The number of nitrogens with one attached hydrogen (secondary N) is 1. The molecule has 4 heteroatoms. The third kappa shape index (κ3) is 5.42. The zero-order valence-corrected chi connectivity index (χ0v) is 13.6. The van der Waals surface area contributed by atoms with E-state index >= 15 is 0 Å². The van der Waals surface area contributed by atoms with Gasteiger partial charge in [-0.2, -0.15) is 0 Å². The van der Waals surface area contributed by atoms with Crippen molar-refractivity contribution in [1.29, 1.82) is 0 Å². The largest absolute Gasteiger partial charge is 0.313 e. The Bertz CT molecular complexity index is 378. The molecule has 1 N–H and O–H groups in total. The fourth-order valence-electron chi connectivity index (χ4n) is 2.76. The average molecular weight is 301 g/mol. The smallest absolute Gasteiger partial charge is 0.0931 e. The van der Waals surface area contributed by atoms with Gasteiger partial charge in [-0.15, -0.1) is 11.3 Å². The molecule has 108 valence electrons. The summed E-state index contributed by atoms with van der Waals surface area (Å²) in [6, 6.07) is 4.83. The Morgan fingerprint density at radius 3 is 3.00 bits per heavy atom. The monoisotopic (exact) mass is 300 g/mol. The van der Waals surface area contributed by atoms with E-state index in [0.29, 0.717) is 6.04 Å². The SMILES string of the molecule is CC(C)CC1CN(CCc2ccc(Cl)s2)CCCN1. The molecule has 0 saturated carbocycles. The summed E-state index contributed by atoms with van der Waals surface area (Å²) in [5.74, 6) is 0.772. The summed E-state index contributed by atoms with van der Waals surface area (Å²) >= 11 is 7.70. The zero-order valence-electron chi connectivity index (χ0n) is 12.0. The molecule has 0 amide bonds. The van der Waals surface area contributed by atoms with Gasteiger partial charge in [-0.05, 0) is 50.4 Å². The lowest BCUT2D eigenvalue weighted by molar-refractivity contribution is 0.258. The van der Waals surface area contributed by atoms with E-state index in [0.717, 1.165) is 23.2 Å². The number of halogens is 1. The van der Waals surface area contributed by atoms with Gasteiger partial charge in [0.2, 0.25) is 0 Å². The molecular weight excluding hydrogens is 276 g/mol. The summed E-state index contributed by atoms with van der Waals surface area (Å²) in [6.07, 6.45) is 3.67. The minimum absolute atomic E-state index is 0.662. The Kier molecular flexibility index (Phi) is 6.14. The summed E-state index contributed by atoms with van der Waals surface area (Å²) in [6.45, 7) is 9.36. The van der Waals surface area contributed by atoms with Crippen molar-refractivity contribution in [3.63, 3.8) is 0 Å². The molecule has 1 saturated heterocycles. The highest BCUT2D eigenvalue weighted by Gasteiger charge is 2.18. The molecule has 0 aliphatic carbocycles. The van der Waals surface area contributed by atoms with Gasteiger partial charge >= 0.3 is 0 Å². The Hall–Kier alpha value is -0.0900. The van der Waals surface area contributed by atoms with E-state index in [4.69, 9.17) is 11.6 Å². The lowest BCUT2D eigenvalue weighted by atomic mass is 10.0. The molecule has 0 bridgehead atoms.